The van der Waals surface area contributed by atoms with E-state index in [-0.39, 0.29) is 5.91 Å². The number of piperazine rings is 1. The highest BCUT2D eigenvalue weighted by molar-refractivity contribution is 7.97. The largest absolute Gasteiger partial charge is 0.467 e. The van der Waals surface area contributed by atoms with E-state index in [1.807, 2.05) is 64.2 Å². The summed E-state index contributed by atoms with van der Waals surface area (Å²) in [4.78, 5) is 28.1. The average Bonchev–Trinajstić information content (AvgIpc) is 3.31. The highest BCUT2D eigenvalue weighted by Crippen LogP contribution is 2.37. The van der Waals surface area contributed by atoms with Crippen molar-refractivity contribution in [2.45, 2.75) is 146 Å². The molecule has 3 heterocycles. The number of hydrogen-bond donors (Lipinski definition) is 1. The molecule has 1 amide bonds. The molecule has 0 spiro atoms. The molecule has 5 rings (SSSR count). The van der Waals surface area contributed by atoms with Crippen molar-refractivity contribution in [3.63, 3.8) is 0 Å². The quantitative estimate of drug-likeness (QED) is 0.0994. The van der Waals surface area contributed by atoms with Gasteiger partial charge in [-0.15, -0.1) is 0 Å². The third-order valence-corrected chi connectivity index (χ3v) is 9.27. The molecular formula is C48H82BClFN5O2S2. The Labute approximate surface area is 383 Å². The fraction of sp³-hybridized carbons (Fsp3) is 0.646. The van der Waals surface area contributed by atoms with Gasteiger partial charge >= 0.3 is 6.01 Å². The number of fused-ring (bicyclic) bond motifs is 2. The summed E-state index contributed by atoms with van der Waals surface area (Å²) in [6.07, 6.45) is 16.2. The Balaban J connectivity index is -0.00000107. The van der Waals surface area contributed by atoms with E-state index in [2.05, 4.69) is 94.1 Å². The summed E-state index contributed by atoms with van der Waals surface area (Å²) >= 11 is 11.9. The van der Waals surface area contributed by atoms with Gasteiger partial charge in [-0.3, -0.25) is 4.79 Å². The number of alkyl halides is 1. The number of hydrogen-bond acceptors (Lipinski definition) is 8. The standard InChI is InChI=1S/C27H28ClN5O2.C6H14.C5H11F.C4H10.C2H6S.C2H6.CH3B.CH4S/c1-3-4-11-24(34)31-14-16-32(17-15-31)26-20-12-13-33(18-22(20)29-27(30-26)35-2)23-10-6-8-19-7-5-9-21(28)25(19)23;1-3-5-6-4-2;1-3-5(6)4-2;1-3-4-2;1-3-2;3*1-2/h5-10H,3,12-18H2,1-2H3;3-6H2,1-2H3;5H,3-4H2,1-2H3;3-4H2,1-2H3;1-2H3;1-2H3;1H3;2H,1H3. The summed E-state index contributed by atoms with van der Waals surface area (Å²) in [6.45, 7) is 24.1. The topological polar surface area (TPSA) is 61.8 Å². The average molecular weight is 891 g/mol. The minimum atomic E-state index is -0.565. The maximum Gasteiger partial charge on any atom is 0.318 e. The molecule has 2 aromatic carbocycles. The molecule has 2 radical (unpaired) electrons. The Morgan fingerprint density at radius 3 is 1.85 bits per heavy atom. The van der Waals surface area contributed by atoms with Gasteiger partial charge in [0.15, 0.2) is 0 Å². The third kappa shape index (κ3) is 24.0. The number of halogens is 2. The van der Waals surface area contributed by atoms with Gasteiger partial charge in [-0.05, 0) is 61.5 Å². The molecule has 0 atom stereocenters. The number of ether oxygens (including phenoxy) is 1. The molecule has 2 aliphatic heterocycles. The first kappa shape index (κ1) is 61.5. The number of benzene rings is 2. The van der Waals surface area contributed by atoms with Gasteiger partial charge in [0, 0.05) is 55.8 Å². The Bertz CT molecular complexity index is 1540. The van der Waals surface area contributed by atoms with Crippen molar-refractivity contribution in [3.05, 3.63) is 52.7 Å². The summed E-state index contributed by atoms with van der Waals surface area (Å²) in [7, 11) is 6.10. The third-order valence-electron chi connectivity index (χ3n) is 8.96. The van der Waals surface area contributed by atoms with Crippen LogP contribution in [0.4, 0.5) is 15.9 Å². The molecular weight excluding hydrogens is 808 g/mol. The molecule has 0 saturated carbocycles. The molecule has 340 valence electrons. The maximum absolute atomic E-state index is 12.3. The van der Waals surface area contributed by atoms with E-state index in [1.54, 1.807) is 25.1 Å². The Morgan fingerprint density at radius 1 is 0.867 bits per heavy atom. The van der Waals surface area contributed by atoms with E-state index >= 15 is 0 Å². The molecule has 0 unspecified atom stereocenters. The van der Waals surface area contributed by atoms with Crippen molar-refractivity contribution >= 4 is 72.0 Å². The zero-order valence-corrected chi connectivity index (χ0v) is 42.6. The van der Waals surface area contributed by atoms with Gasteiger partial charge in [-0.2, -0.15) is 34.4 Å². The number of methoxy groups -OCH3 is 1. The van der Waals surface area contributed by atoms with E-state index in [0.29, 0.717) is 58.0 Å². The molecule has 0 aliphatic carbocycles. The number of carbonyl (C=O) groups excluding carboxylic acids is 1. The first-order chi connectivity index (χ1) is 29.1. The van der Waals surface area contributed by atoms with E-state index in [4.69, 9.17) is 26.3 Å². The molecule has 1 saturated heterocycles. The number of unbranched alkanes of at least 4 members (excludes halogenated alkanes) is 4. The van der Waals surface area contributed by atoms with Gasteiger partial charge in [0.1, 0.15) is 5.82 Å². The van der Waals surface area contributed by atoms with E-state index in [1.165, 1.54) is 45.3 Å². The first-order valence-electron chi connectivity index (χ1n) is 22.1. The Kier molecular flexibility index (Phi) is 42.6. The van der Waals surface area contributed by atoms with Gasteiger partial charge in [0.25, 0.3) is 5.91 Å². The van der Waals surface area contributed by atoms with Crippen LogP contribution in [0, 0.1) is 11.8 Å². The summed E-state index contributed by atoms with van der Waals surface area (Å²) in [5.74, 6) is 6.40. The predicted octanol–water partition coefficient (Wildman–Crippen LogP) is 13.2. The van der Waals surface area contributed by atoms with Crippen LogP contribution in [0.2, 0.25) is 11.8 Å². The fourth-order valence-corrected chi connectivity index (χ4v) is 5.92. The summed E-state index contributed by atoms with van der Waals surface area (Å²) in [6, 6.07) is 12.6. The number of amides is 1. The lowest BCUT2D eigenvalue weighted by Gasteiger charge is -2.37. The van der Waals surface area contributed by atoms with Gasteiger partial charge in [0.2, 0.25) is 0 Å². The molecule has 1 fully saturated rings. The van der Waals surface area contributed by atoms with E-state index in [9.17, 15) is 9.18 Å². The van der Waals surface area contributed by atoms with Crippen molar-refractivity contribution in [1.82, 2.24) is 14.9 Å². The Morgan fingerprint density at radius 2 is 1.40 bits per heavy atom. The monoisotopic (exact) mass is 890 g/mol. The second kappa shape index (κ2) is 41.5. The van der Waals surface area contributed by atoms with Gasteiger partial charge in [-0.1, -0.05) is 149 Å². The fourth-order valence-electron chi connectivity index (χ4n) is 5.64. The van der Waals surface area contributed by atoms with Crippen molar-refractivity contribution < 1.29 is 13.9 Å². The number of thioether (sulfide) groups is 1. The van der Waals surface area contributed by atoms with Crippen molar-refractivity contribution in [1.29, 1.82) is 0 Å². The van der Waals surface area contributed by atoms with Crippen molar-refractivity contribution in [3.8, 4) is 17.9 Å². The molecule has 7 nitrogen and oxygen atoms in total. The zero-order valence-electron chi connectivity index (χ0n) is 40.1. The van der Waals surface area contributed by atoms with Crippen molar-refractivity contribution in [2.24, 2.45) is 0 Å². The van der Waals surface area contributed by atoms with Crippen LogP contribution in [0.25, 0.3) is 10.8 Å². The van der Waals surface area contributed by atoms with Crippen LogP contribution < -0.4 is 14.5 Å². The lowest BCUT2D eigenvalue weighted by molar-refractivity contribution is -0.125. The minimum absolute atomic E-state index is 0.0989. The molecule has 0 bridgehead atoms. The van der Waals surface area contributed by atoms with Gasteiger partial charge < -0.3 is 19.4 Å². The van der Waals surface area contributed by atoms with Crippen LogP contribution in [0.5, 0.6) is 6.01 Å². The molecule has 12 heteroatoms. The van der Waals surface area contributed by atoms with Crippen LogP contribution in [-0.2, 0) is 17.8 Å². The summed E-state index contributed by atoms with van der Waals surface area (Å²) in [5, 5.41) is 2.94. The Hall–Kier alpha value is -2.81. The zero-order chi connectivity index (χ0) is 46.3. The molecule has 0 N–H and O–H groups in total. The lowest BCUT2D eigenvalue weighted by atomic mass is 10.0. The molecule has 1 aromatic heterocycles. The number of rotatable bonds is 9. The highest BCUT2D eigenvalue weighted by Gasteiger charge is 2.29. The first-order valence-corrected chi connectivity index (χ1v) is 25.0. The molecule has 3 aromatic rings. The lowest BCUT2D eigenvalue weighted by Crippen LogP contribution is -2.49. The number of thiol groups is 1. The van der Waals surface area contributed by atoms with Crippen LogP contribution in [-0.4, -0.2) is 93.4 Å². The maximum atomic E-state index is 12.3. The summed E-state index contributed by atoms with van der Waals surface area (Å²) < 4.78 is 17.3. The number of carbonyl (C=O) groups is 1. The number of aromatic nitrogens is 2. The predicted molar refractivity (Wildman–Crippen MR) is 272 cm³/mol. The SMILES string of the molecule is CC.CCC#CC(=O)N1CCN(c2nc(OC)nc3c2CCN(c2cccc4cccc(Cl)c24)C3)CC1.CCC(F)CC.CCCC.CCCCCC.CS.CSC.[B]C. The van der Waals surface area contributed by atoms with Crippen LogP contribution in [0.1, 0.15) is 131 Å². The second-order valence-corrected chi connectivity index (χ2v) is 14.4. The van der Waals surface area contributed by atoms with Crippen molar-refractivity contribution in [2.75, 3.05) is 68.4 Å². The normalized spacial score (nSPS) is 12.0. The van der Waals surface area contributed by atoms with E-state index in [0.717, 1.165) is 51.5 Å². The summed E-state index contributed by atoms with van der Waals surface area (Å²) in [5.41, 5.74) is 3.23. The van der Waals surface area contributed by atoms with Crippen LogP contribution in [0.3, 0.4) is 0 Å². The minimum Gasteiger partial charge on any atom is -0.467 e. The number of anilines is 2. The second-order valence-electron chi connectivity index (χ2n) is 13.2. The smallest absolute Gasteiger partial charge is 0.318 e. The molecule has 60 heavy (non-hydrogen) atoms. The van der Waals surface area contributed by atoms with Gasteiger partial charge in [0.05, 0.1) is 38.4 Å². The van der Waals surface area contributed by atoms with E-state index < -0.39 is 6.17 Å². The number of nitrogens with zero attached hydrogens (tertiary/aromatic N) is 5. The highest BCUT2D eigenvalue weighted by atomic mass is 35.5. The van der Waals surface area contributed by atoms with Crippen LogP contribution >= 0.6 is 36.0 Å². The van der Waals surface area contributed by atoms with Gasteiger partial charge in [-0.25, -0.2) is 4.39 Å². The van der Waals surface area contributed by atoms with Crippen LogP contribution in [0.15, 0.2) is 36.4 Å². The molecule has 2 aliphatic rings.